The summed E-state index contributed by atoms with van der Waals surface area (Å²) >= 11 is 7.43. The van der Waals surface area contributed by atoms with Crippen LogP contribution in [0.4, 0.5) is 0 Å². The van der Waals surface area contributed by atoms with E-state index in [4.69, 9.17) is 16.3 Å². The highest BCUT2D eigenvalue weighted by molar-refractivity contribution is 7.07. The van der Waals surface area contributed by atoms with Crippen LogP contribution in [0.25, 0.3) is 16.8 Å². The molecule has 0 amide bonds. The van der Waals surface area contributed by atoms with Crippen LogP contribution in [0.15, 0.2) is 87.8 Å². The van der Waals surface area contributed by atoms with Gasteiger partial charge >= 0.3 is 5.97 Å². The fourth-order valence-electron chi connectivity index (χ4n) is 4.32. The second kappa shape index (κ2) is 9.05. The van der Waals surface area contributed by atoms with E-state index in [1.54, 1.807) is 36.6 Å². The number of esters is 1. The number of benzene rings is 3. The van der Waals surface area contributed by atoms with Crippen molar-refractivity contribution in [2.24, 2.45) is 4.99 Å². The predicted molar refractivity (Wildman–Crippen MR) is 136 cm³/mol. The lowest BCUT2D eigenvalue weighted by molar-refractivity contribution is -0.139. The summed E-state index contributed by atoms with van der Waals surface area (Å²) in [6.07, 6.45) is 1.80. The van der Waals surface area contributed by atoms with Crippen LogP contribution in [0.1, 0.15) is 31.0 Å². The molecule has 7 heteroatoms. The molecule has 170 valence electrons. The van der Waals surface area contributed by atoms with Crippen molar-refractivity contribution in [3.05, 3.63) is 114 Å². The molecule has 1 atom stereocenters. The van der Waals surface area contributed by atoms with Crippen LogP contribution >= 0.6 is 22.9 Å². The maximum absolute atomic E-state index is 13.7. The fourth-order valence-corrected chi connectivity index (χ4v) is 5.57. The molecule has 1 aromatic heterocycles. The van der Waals surface area contributed by atoms with Crippen molar-refractivity contribution in [2.75, 3.05) is 6.61 Å². The second-order valence-corrected chi connectivity index (χ2v) is 9.37. The van der Waals surface area contributed by atoms with Crippen LogP contribution in [0, 0.1) is 0 Å². The SMILES string of the molecule is CCOC(=O)C1=C(C)N=c2sc(=Cc3cccc(Cl)c3)c(=O)n2C1c1cccc2ccccc12. The molecule has 5 rings (SSSR count). The van der Waals surface area contributed by atoms with Crippen LogP contribution in [0.3, 0.4) is 0 Å². The first kappa shape index (κ1) is 22.3. The van der Waals surface area contributed by atoms with E-state index in [9.17, 15) is 9.59 Å². The van der Waals surface area contributed by atoms with E-state index in [0.29, 0.717) is 25.6 Å². The Kier molecular flexibility index (Phi) is 5.94. The number of hydrogen-bond donors (Lipinski definition) is 0. The van der Waals surface area contributed by atoms with Gasteiger partial charge in [0.2, 0.25) is 0 Å². The number of thiazole rings is 1. The van der Waals surface area contributed by atoms with Gasteiger partial charge in [0.25, 0.3) is 5.56 Å². The van der Waals surface area contributed by atoms with Gasteiger partial charge in [0.1, 0.15) is 0 Å². The summed E-state index contributed by atoms with van der Waals surface area (Å²) in [7, 11) is 0. The molecule has 3 aromatic carbocycles. The maximum Gasteiger partial charge on any atom is 0.338 e. The molecule has 1 aliphatic heterocycles. The minimum atomic E-state index is -0.650. The summed E-state index contributed by atoms with van der Waals surface area (Å²) in [5.41, 5.74) is 2.38. The predicted octanol–water partition coefficient (Wildman–Crippen LogP) is 4.60. The zero-order chi connectivity index (χ0) is 23.8. The molecule has 2 heterocycles. The lowest BCUT2D eigenvalue weighted by Crippen LogP contribution is -2.40. The van der Waals surface area contributed by atoms with Gasteiger partial charge in [-0.15, -0.1) is 0 Å². The van der Waals surface area contributed by atoms with E-state index >= 15 is 0 Å². The molecule has 0 radical (unpaired) electrons. The summed E-state index contributed by atoms with van der Waals surface area (Å²) in [5.74, 6) is -0.467. The number of rotatable bonds is 4. The normalized spacial score (nSPS) is 15.9. The molecule has 0 fully saturated rings. The molecule has 1 aliphatic rings. The van der Waals surface area contributed by atoms with Gasteiger partial charge in [0.05, 0.1) is 28.5 Å². The van der Waals surface area contributed by atoms with E-state index in [1.807, 2.05) is 54.6 Å². The topological polar surface area (TPSA) is 60.7 Å². The van der Waals surface area contributed by atoms with Crippen molar-refractivity contribution >= 4 is 45.8 Å². The minimum Gasteiger partial charge on any atom is -0.463 e. The van der Waals surface area contributed by atoms with E-state index < -0.39 is 12.0 Å². The number of ether oxygens (including phenoxy) is 1. The first-order chi connectivity index (χ1) is 16.5. The molecular formula is C27H21ClN2O3S. The standard InChI is InChI=1S/C27H21ClN2O3S/c1-3-33-26(32)23-16(2)29-27-30(24(23)21-13-7-10-18-9-4-5-12-20(18)21)25(31)22(34-27)15-17-8-6-11-19(28)14-17/h4-15,24H,3H2,1-2H3. The Balaban J connectivity index is 1.81. The van der Waals surface area contributed by atoms with Crippen LogP contribution in [-0.4, -0.2) is 17.1 Å². The highest BCUT2D eigenvalue weighted by atomic mass is 35.5. The average Bonchev–Trinajstić information content (AvgIpc) is 3.12. The zero-order valence-electron chi connectivity index (χ0n) is 18.6. The van der Waals surface area contributed by atoms with Crippen molar-refractivity contribution in [3.63, 3.8) is 0 Å². The summed E-state index contributed by atoms with van der Waals surface area (Å²) in [5, 5.41) is 2.59. The van der Waals surface area contributed by atoms with Crippen LogP contribution < -0.4 is 14.9 Å². The quantitative estimate of drug-likeness (QED) is 0.394. The van der Waals surface area contributed by atoms with Crippen LogP contribution in [-0.2, 0) is 9.53 Å². The maximum atomic E-state index is 13.7. The number of halogens is 1. The number of carbonyl (C=O) groups excluding carboxylic acids is 1. The van der Waals surface area contributed by atoms with E-state index in [1.165, 1.54) is 11.3 Å². The third kappa shape index (κ3) is 3.89. The Bertz CT molecular complexity index is 1640. The molecule has 4 aromatic rings. The third-order valence-electron chi connectivity index (χ3n) is 5.78. The molecule has 0 saturated heterocycles. The minimum absolute atomic E-state index is 0.212. The highest BCUT2D eigenvalue weighted by Crippen LogP contribution is 2.34. The van der Waals surface area contributed by atoms with Gasteiger partial charge in [-0.25, -0.2) is 9.79 Å². The van der Waals surface area contributed by atoms with E-state index in [-0.39, 0.29) is 12.2 Å². The van der Waals surface area contributed by atoms with Crippen molar-refractivity contribution in [3.8, 4) is 0 Å². The van der Waals surface area contributed by atoms with Gasteiger partial charge in [-0.3, -0.25) is 9.36 Å². The Hall–Kier alpha value is -3.48. The summed E-state index contributed by atoms with van der Waals surface area (Å²) in [6, 6.07) is 20.5. The fraction of sp³-hybridized carbons (Fsp3) is 0.148. The van der Waals surface area contributed by atoms with Crippen LogP contribution in [0.5, 0.6) is 0 Å². The van der Waals surface area contributed by atoms with Crippen molar-refractivity contribution in [2.45, 2.75) is 19.9 Å². The Labute approximate surface area is 204 Å². The highest BCUT2D eigenvalue weighted by Gasteiger charge is 2.34. The number of carbonyl (C=O) groups is 1. The van der Waals surface area contributed by atoms with Gasteiger partial charge in [0, 0.05) is 5.02 Å². The largest absolute Gasteiger partial charge is 0.463 e. The Morgan fingerprint density at radius 2 is 1.91 bits per heavy atom. The molecule has 1 unspecified atom stereocenters. The average molecular weight is 489 g/mol. The number of aromatic nitrogens is 1. The molecule has 0 saturated carbocycles. The lowest BCUT2D eigenvalue weighted by Gasteiger charge is -2.25. The molecule has 0 spiro atoms. The van der Waals surface area contributed by atoms with E-state index in [0.717, 1.165) is 21.9 Å². The van der Waals surface area contributed by atoms with Gasteiger partial charge in [-0.2, -0.15) is 0 Å². The summed E-state index contributed by atoms with van der Waals surface area (Å²) in [4.78, 5) is 32.0. The number of nitrogens with zero attached hydrogens (tertiary/aromatic N) is 2. The van der Waals surface area contributed by atoms with Crippen molar-refractivity contribution < 1.29 is 9.53 Å². The van der Waals surface area contributed by atoms with E-state index in [2.05, 4.69) is 4.99 Å². The number of allylic oxidation sites excluding steroid dienone is 1. The van der Waals surface area contributed by atoms with Crippen molar-refractivity contribution in [1.82, 2.24) is 4.57 Å². The molecule has 0 aliphatic carbocycles. The Morgan fingerprint density at radius 1 is 1.15 bits per heavy atom. The molecule has 5 nitrogen and oxygen atoms in total. The first-order valence-electron chi connectivity index (χ1n) is 10.9. The zero-order valence-corrected chi connectivity index (χ0v) is 20.2. The summed E-state index contributed by atoms with van der Waals surface area (Å²) < 4.78 is 7.53. The third-order valence-corrected chi connectivity index (χ3v) is 7.00. The molecular weight excluding hydrogens is 468 g/mol. The molecule has 34 heavy (non-hydrogen) atoms. The van der Waals surface area contributed by atoms with Gasteiger partial charge in [-0.05, 0) is 54.0 Å². The summed E-state index contributed by atoms with van der Waals surface area (Å²) in [6.45, 7) is 3.79. The van der Waals surface area contributed by atoms with Crippen LogP contribution in [0.2, 0.25) is 5.02 Å². The monoisotopic (exact) mass is 488 g/mol. The molecule has 0 N–H and O–H groups in total. The van der Waals surface area contributed by atoms with Gasteiger partial charge in [-0.1, -0.05) is 77.5 Å². The Morgan fingerprint density at radius 3 is 2.71 bits per heavy atom. The van der Waals surface area contributed by atoms with Gasteiger partial charge in [0.15, 0.2) is 4.80 Å². The first-order valence-corrected chi connectivity index (χ1v) is 12.1. The lowest BCUT2D eigenvalue weighted by atomic mass is 9.91. The number of hydrogen-bond acceptors (Lipinski definition) is 5. The second-order valence-electron chi connectivity index (χ2n) is 7.93. The smallest absolute Gasteiger partial charge is 0.338 e. The van der Waals surface area contributed by atoms with Gasteiger partial charge < -0.3 is 4.74 Å². The van der Waals surface area contributed by atoms with Crippen molar-refractivity contribution in [1.29, 1.82) is 0 Å². The number of fused-ring (bicyclic) bond motifs is 2. The molecule has 0 bridgehead atoms.